The van der Waals surface area contributed by atoms with Crippen molar-refractivity contribution in [2.24, 2.45) is 5.10 Å². The van der Waals surface area contributed by atoms with Crippen LogP contribution in [0.5, 0.6) is 5.75 Å². The van der Waals surface area contributed by atoms with Crippen molar-refractivity contribution in [3.05, 3.63) is 77.1 Å². The lowest BCUT2D eigenvalue weighted by atomic mass is 10.2. The maximum absolute atomic E-state index is 12.6. The molecule has 3 aromatic rings. The van der Waals surface area contributed by atoms with Gasteiger partial charge in [-0.25, -0.2) is 10.4 Å². The zero-order valence-corrected chi connectivity index (χ0v) is 13.8. The Kier molecular flexibility index (Phi) is 4.89. The highest BCUT2D eigenvalue weighted by molar-refractivity contribution is 5.84. The molecule has 0 aliphatic rings. The molecule has 0 fully saturated rings. The fourth-order valence-corrected chi connectivity index (χ4v) is 2.48. The first-order valence-corrected chi connectivity index (χ1v) is 7.77. The normalized spacial score (nSPS) is 10.9. The third-order valence-corrected chi connectivity index (χ3v) is 3.68. The molecule has 0 saturated heterocycles. The zero-order chi connectivity index (χ0) is 17.6. The summed E-state index contributed by atoms with van der Waals surface area (Å²) in [7, 11) is 1.60. The molecular weight excluding hydrogens is 316 g/mol. The number of nitrogens with zero attached hydrogens (tertiary/aromatic N) is 3. The van der Waals surface area contributed by atoms with Gasteiger partial charge in [-0.1, -0.05) is 30.3 Å². The summed E-state index contributed by atoms with van der Waals surface area (Å²) < 4.78 is 6.78. The lowest BCUT2D eigenvalue weighted by Crippen LogP contribution is -2.23. The van der Waals surface area contributed by atoms with E-state index in [1.165, 1.54) is 4.57 Å². The molecule has 0 amide bonds. The largest absolute Gasteiger partial charge is 0.496 e. The lowest BCUT2D eigenvalue weighted by molar-refractivity contribution is 0.414. The average molecular weight is 334 g/mol. The third kappa shape index (κ3) is 3.42. The molecule has 6 heteroatoms. The van der Waals surface area contributed by atoms with Crippen molar-refractivity contribution in [2.45, 2.75) is 6.54 Å². The minimum absolute atomic E-state index is 0.138. The molecule has 1 aromatic heterocycles. The monoisotopic (exact) mass is 334 g/mol. The van der Waals surface area contributed by atoms with Crippen molar-refractivity contribution < 1.29 is 4.74 Å². The Bertz CT molecular complexity index is 992. The van der Waals surface area contributed by atoms with Crippen molar-refractivity contribution in [1.29, 1.82) is 0 Å². The van der Waals surface area contributed by atoms with Crippen molar-refractivity contribution >= 4 is 23.1 Å². The first kappa shape index (κ1) is 16.4. The molecule has 0 aliphatic carbocycles. The summed E-state index contributed by atoms with van der Waals surface area (Å²) >= 11 is 0. The quantitative estimate of drug-likeness (QED) is 0.427. The van der Waals surface area contributed by atoms with Gasteiger partial charge in [0.25, 0.3) is 5.56 Å². The maximum atomic E-state index is 12.6. The highest BCUT2D eigenvalue weighted by atomic mass is 16.5. The number of allylic oxidation sites excluding steroid dienone is 1. The van der Waals surface area contributed by atoms with Gasteiger partial charge in [0.2, 0.25) is 5.95 Å². The Hall–Kier alpha value is -3.41. The predicted molar refractivity (Wildman–Crippen MR) is 100 cm³/mol. The van der Waals surface area contributed by atoms with Crippen LogP contribution in [0.25, 0.3) is 10.9 Å². The average Bonchev–Trinajstić information content (AvgIpc) is 2.65. The number of nitrogens with one attached hydrogen (secondary N) is 1. The third-order valence-electron chi connectivity index (χ3n) is 3.68. The van der Waals surface area contributed by atoms with Gasteiger partial charge in [-0.15, -0.1) is 6.58 Å². The van der Waals surface area contributed by atoms with E-state index in [0.717, 1.165) is 5.56 Å². The van der Waals surface area contributed by atoms with E-state index < -0.39 is 0 Å². The second-order valence-corrected chi connectivity index (χ2v) is 5.27. The molecule has 0 spiro atoms. The number of anilines is 1. The van der Waals surface area contributed by atoms with Crippen LogP contribution in [-0.4, -0.2) is 22.9 Å². The van der Waals surface area contributed by atoms with Gasteiger partial charge in [-0.2, -0.15) is 5.10 Å². The number of ether oxygens (including phenoxy) is 1. The van der Waals surface area contributed by atoms with Gasteiger partial charge in [-0.3, -0.25) is 9.36 Å². The minimum atomic E-state index is -0.138. The molecule has 2 aromatic carbocycles. The molecule has 0 saturated carbocycles. The molecule has 0 bridgehead atoms. The van der Waals surface area contributed by atoms with Crippen molar-refractivity contribution in [1.82, 2.24) is 9.55 Å². The molecule has 6 nitrogen and oxygen atoms in total. The molecule has 3 rings (SSSR count). The first-order valence-electron chi connectivity index (χ1n) is 7.77. The summed E-state index contributed by atoms with van der Waals surface area (Å²) in [5.74, 6) is 1.07. The van der Waals surface area contributed by atoms with Crippen LogP contribution < -0.4 is 15.7 Å². The molecule has 0 radical (unpaired) electrons. The SMILES string of the molecule is C=CCn1c(N/N=C/c2ccccc2OC)nc2ccccc2c1=O. The van der Waals surface area contributed by atoms with Crippen LogP contribution in [0.4, 0.5) is 5.95 Å². The van der Waals surface area contributed by atoms with Crippen LogP contribution in [0.15, 0.2) is 71.1 Å². The second-order valence-electron chi connectivity index (χ2n) is 5.27. The van der Waals surface area contributed by atoms with Gasteiger partial charge < -0.3 is 4.74 Å². The predicted octanol–water partition coefficient (Wildman–Crippen LogP) is 3.04. The van der Waals surface area contributed by atoms with E-state index in [1.807, 2.05) is 36.4 Å². The van der Waals surface area contributed by atoms with Crippen molar-refractivity contribution in [3.63, 3.8) is 0 Å². The van der Waals surface area contributed by atoms with E-state index in [-0.39, 0.29) is 5.56 Å². The Balaban J connectivity index is 1.97. The van der Waals surface area contributed by atoms with Crippen LogP contribution in [0, 0.1) is 0 Å². The Morgan fingerprint density at radius 2 is 2.00 bits per heavy atom. The van der Waals surface area contributed by atoms with Crippen LogP contribution in [0.2, 0.25) is 0 Å². The molecule has 0 unspecified atom stereocenters. The molecule has 0 atom stereocenters. The fourth-order valence-electron chi connectivity index (χ4n) is 2.48. The number of rotatable bonds is 6. The number of methoxy groups -OCH3 is 1. The Labute approximate surface area is 145 Å². The summed E-state index contributed by atoms with van der Waals surface area (Å²) in [6.45, 7) is 4.04. The molecule has 1 heterocycles. The van der Waals surface area contributed by atoms with Gasteiger partial charge >= 0.3 is 0 Å². The molecule has 126 valence electrons. The zero-order valence-electron chi connectivity index (χ0n) is 13.8. The second kappa shape index (κ2) is 7.44. The van der Waals surface area contributed by atoms with E-state index in [9.17, 15) is 4.79 Å². The molecule has 25 heavy (non-hydrogen) atoms. The van der Waals surface area contributed by atoms with Crippen LogP contribution in [0.1, 0.15) is 5.56 Å². The smallest absolute Gasteiger partial charge is 0.263 e. The van der Waals surface area contributed by atoms with Crippen LogP contribution in [-0.2, 0) is 6.54 Å². The Morgan fingerprint density at radius 3 is 2.80 bits per heavy atom. The summed E-state index contributed by atoms with van der Waals surface area (Å²) in [6, 6.07) is 14.7. The minimum Gasteiger partial charge on any atom is -0.496 e. The number of hydrazone groups is 1. The van der Waals surface area contributed by atoms with Gasteiger partial charge in [0.1, 0.15) is 5.75 Å². The van der Waals surface area contributed by atoms with Gasteiger partial charge in [0.15, 0.2) is 0 Å². The summed E-state index contributed by atoms with van der Waals surface area (Å²) in [5, 5.41) is 4.76. The standard InChI is InChI=1S/C19H18N4O2/c1-3-12-23-18(24)15-9-5-6-10-16(15)21-19(23)22-20-13-14-8-4-7-11-17(14)25-2/h3-11,13H,1,12H2,2H3,(H,21,22)/b20-13+. The topological polar surface area (TPSA) is 68.5 Å². The van der Waals surface area contributed by atoms with Crippen molar-refractivity contribution in [2.75, 3.05) is 12.5 Å². The van der Waals surface area contributed by atoms with E-state index in [4.69, 9.17) is 4.74 Å². The number of aromatic nitrogens is 2. The summed E-state index contributed by atoms with van der Waals surface area (Å²) in [4.78, 5) is 17.1. The lowest BCUT2D eigenvalue weighted by Gasteiger charge is -2.10. The molecule has 1 N–H and O–H groups in total. The number of hydrogen-bond donors (Lipinski definition) is 1. The summed E-state index contributed by atoms with van der Waals surface area (Å²) in [6.07, 6.45) is 3.27. The molecular formula is C19H18N4O2. The van der Waals surface area contributed by atoms with Gasteiger partial charge in [0, 0.05) is 12.1 Å². The number of hydrogen-bond acceptors (Lipinski definition) is 5. The molecule has 0 aliphatic heterocycles. The van der Waals surface area contributed by atoms with E-state index >= 15 is 0 Å². The van der Waals surface area contributed by atoms with Crippen LogP contribution in [0.3, 0.4) is 0 Å². The number of para-hydroxylation sites is 2. The van der Waals surface area contributed by atoms with Crippen LogP contribution >= 0.6 is 0 Å². The maximum Gasteiger partial charge on any atom is 0.263 e. The summed E-state index contributed by atoms with van der Waals surface area (Å²) in [5.41, 5.74) is 4.14. The highest BCUT2D eigenvalue weighted by Crippen LogP contribution is 2.15. The number of benzene rings is 2. The fraction of sp³-hybridized carbons (Fsp3) is 0.105. The van der Waals surface area contributed by atoms with Crippen molar-refractivity contribution in [3.8, 4) is 5.75 Å². The van der Waals surface area contributed by atoms with E-state index in [0.29, 0.717) is 29.1 Å². The number of fused-ring (bicyclic) bond motifs is 1. The van der Waals surface area contributed by atoms with Gasteiger partial charge in [0.05, 0.1) is 24.2 Å². The van der Waals surface area contributed by atoms with E-state index in [1.54, 1.807) is 31.5 Å². The van der Waals surface area contributed by atoms with E-state index in [2.05, 4.69) is 22.1 Å². The Morgan fingerprint density at radius 1 is 1.24 bits per heavy atom. The van der Waals surface area contributed by atoms with Gasteiger partial charge in [-0.05, 0) is 24.3 Å². The highest BCUT2D eigenvalue weighted by Gasteiger charge is 2.09. The first-order chi connectivity index (χ1) is 12.2.